The van der Waals surface area contributed by atoms with Crippen LogP contribution >= 0.6 is 0 Å². The van der Waals surface area contributed by atoms with E-state index in [9.17, 15) is 14.4 Å². The van der Waals surface area contributed by atoms with Crippen LogP contribution in [0.5, 0.6) is 0 Å². The molecule has 3 N–H and O–H groups in total. The van der Waals surface area contributed by atoms with E-state index in [0.717, 1.165) is 42.7 Å². The maximum atomic E-state index is 13.2. The van der Waals surface area contributed by atoms with Crippen LogP contribution in [0, 0.1) is 0 Å². The van der Waals surface area contributed by atoms with E-state index >= 15 is 0 Å². The quantitative estimate of drug-likeness (QED) is 0.632. The summed E-state index contributed by atoms with van der Waals surface area (Å²) in [6.07, 6.45) is 2.94. The lowest BCUT2D eigenvalue weighted by Gasteiger charge is -2.29. The third-order valence-corrected chi connectivity index (χ3v) is 6.82. The van der Waals surface area contributed by atoms with Crippen LogP contribution in [0.4, 0.5) is 5.69 Å². The Kier molecular flexibility index (Phi) is 5.66. The second kappa shape index (κ2) is 8.74. The van der Waals surface area contributed by atoms with Crippen molar-refractivity contribution in [3.63, 3.8) is 0 Å². The van der Waals surface area contributed by atoms with Gasteiger partial charge in [-0.15, -0.1) is 0 Å². The van der Waals surface area contributed by atoms with Gasteiger partial charge in [0, 0.05) is 30.8 Å². The minimum absolute atomic E-state index is 0.129. The van der Waals surface area contributed by atoms with Crippen LogP contribution in [0.15, 0.2) is 42.5 Å². The molecule has 0 radical (unpaired) electrons. The largest absolute Gasteiger partial charge is 0.381 e. The number of anilines is 1. The highest BCUT2D eigenvalue weighted by atomic mass is 16.2. The zero-order chi connectivity index (χ0) is 22.1. The number of carbonyl (C=O) groups excluding carboxylic acids is 3. The summed E-state index contributed by atoms with van der Waals surface area (Å²) < 4.78 is 0. The van der Waals surface area contributed by atoms with Gasteiger partial charge in [-0.2, -0.15) is 0 Å². The maximum Gasteiger partial charge on any atom is 0.255 e. The second-order valence-corrected chi connectivity index (χ2v) is 8.85. The number of nitrogens with one attached hydrogen (secondary N) is 3. The first kappa shape index (κ1) is 20.7. The van der Waals surface area contributed by atoms with Gasteiger partial charge in [-0.1, -0.05) is 30.3 Å². The maximum absolute atomic E-state index is 13.2. The summed E-state index contributed by atoms with van der Waals surface area (Å²) in [6.45, 7) is 3.06. The number of nitrogens with zero attached hydrogens (tertiary/aromatic N) is 1. The van der Waals surface area contributed by atoms with Gasteiger partial charge in [-0.05, 0) is 67.1 Å². The average molecular weight is 433 g/mol. The lowest BCUT2D eigenvalue weighted by molar-refractivity contribution is -0.136. The van der Waals surface area contributed by atoms with Gasteiger partial charge in [0.25, 0.3) is 5.91 Å². The summed E-state index contributed by atoms with van der Waals surface area (Å²) in [5.41, 5.74) is 4.94. The molecule has 2 aromatic carbocycles. The van der Waals surface area contributed by atoms with E-state index in [1.807, 2.05) is 18.2 Å². The fourth-order valence-electron chi connectivity index (χ4n) is 5.09. The minimum Gasteiger partial charge on any atom is -0.381 e. The van der Waals surface area contributed by atoms with Crippen molar-refractivity contribution in [1.29, 1.82) is 0 Å². The Labute approximate surface area is 187 Å². The van der Waals surface area contributed by atoms with Crippen molar-refractivity contribution < 1.29 is 14.4 Å². The van der Waals surface area contributed by atoms with Crippen LogP contribution in [0.1, 0.15) is 58.6 Å². The molecule has 2 saturated heterocycles. The monoisotopic (exact) mass is 432 g/mol. The zero-order valence-corrected chi connectivity index (χ0v) is 18.0. The van der Waals surface area contributed by atoms with Crippen LogP contribution in [0.2, 0.25) is 0 Å². The number of amides is 3. The molecule has 3 aliphatic rings. The molecule has 1 atom stereocenters. The Hall–Kier alpha value is -3.19. The Morgan fingerprint density at radius 2 is 1.81 bits per heavy atom. The van der Waals surface area contributed by atoms with Gasteiger partial charge in [0.2, 0.25) is 11.8 Å². The summed E-state index contributed by atoms with van der Waals surface area (Å²) in [5, 5.41) is 9.26. The van der Waals surface area contributed by atoms with E-state index in [2.05, 4.69) is 40.2 Å². The number of hydrogen-bond acceptors (Lipinski definition) is 5. The van der Waals surface area contributed by atoms with Crippen molar-refractivity contribution in [2.24, 2.45) is 0 Å². The van der Waals surface area contributed by atoms with E-state index in [0.29, 0.717) is 31.0 Å². The predicted octanol–water partition coefficient (Wildman–Crippen LogP) is 2.53. The normalized spacial score (nSPS) is 21.4. The van der Waals surface area contributed by atoms with Gasteiger partial charge in [0.15, 0.2) is 0 Å². The standard InChI is InChI=1S/C25H28N4O3/c30-22-8-7-21(24(31)28-22)29-15-19-5-1-4-18(23(19)25(29)32)14-27-20-6-2-3-17(13-20)16-9-11-26-12-10-16/h1-6,13,16,21,26-27H,7-12,14-15H2,(H,28,30,31). The van der Waals surface area contributed by atoms with E-state index in [1.54, 1.807) is 4.90 Å². The molecule has 0 aliphatic carbocycles. The molecule has 166 valence electrons. The predicted molar refractivity (Wildman–Crippen MR) is 121 cm³/mol. The van der Waals surface area contributed by atoms with E-state index < -0.39 is 6.04 Å². The van der Waals surface area contributed by atoms with E-state index in [4.69, 9.17) is 0 Å². The molecule has 1 unspecified atom stereocenters. The smallest absolute Gasteiger partial charge is 0.255 e. The Bertz CT molecular complexity index is 1060. The lowest BCUT2D eigenvalue weighted by atomic mass is 9.90. The molecule has 2 fully saturated rings. The number of rotatable bonds is 5. The first-order valence-electron chi connectivity index (χ1n) is 11.4. The summed E-state index contributed by atoms with van der Waals surface area (Å²) >= 11 is 0. The van der Waals surface area contributed by atoms with Gasteiger partial charge >= 0.3 is 0 Å². The van der Waals surface area contributed by atoms with Crippen LogP contribution in [0.25, 0.3) is 0 Å². The van der Waals surface area contributed by atoms with Crippen molar-refractivity contribution in [2.75, 3.05) is 18.4 Å². The van der Waals surface area contributed by atoms with E-state index in [-0.39, 0.29) is 24.1 Å². The molecule has 0 saturated carbocycles. The third-order valence-electron chi connectivity index (χ3n) is 6.82. The number of benzene rings is 2. The number of imide groups is 1. The lowest BCUT2D eigenvalue weighted by Crippen LogP contribution is -2.52. The molecule has 2 aromatic rings. The second-order valence-electron chi connectivity index (χ2n) is 8.85. The topological polar surface area (TPSA) is 90.5 Å². The first-order chi connectivity index (χ1) is 15.6. The molecule has 0 aromatic heterocycles. The minimum atomic E-state index is -0.588. The van der Waals surface area contributed by atoms with Crippen LogP contribution < -0.4 is 16.0 Å². The van der Waals surface area contributed by atoms with Crippen molar-refractivity contribution in [3.8, 4) is 0 Å². The van der Waals surface area contributed by atoms with Crippen molar-refractivity contribution >= 4 is 23.4 Å². The zero-order valence-electron chi connectivity index (χ0n) is 18.0. The number of carbonyl (C=O) groups is 3. The first-order valence-corrected chi connectivity index (χ1v) is 11.4. The molecule has 3 amide bonds. The van der Waals surface area contributed by atoms with Gasteiger partial charge in [-0.25, -0.2) is 0 Å². The van der Waals surface area contributed by atoms with Gasteiger partial charge in [0.05, 0.1) is 0 Å². The molecule has 0 spiro atoms. The summed E-state index contributed by atoms with van der Waals surface area (Å²) in [6, 6.07) is 13.8. The summed E-state index contributed by atoms with van der Waals surface area (Å²) in [7, 11) is 0. The van der Waals surface area contributed by atoms with Gasteiger partial charge < -0.3 is 15.5 Å². The average Bonchev–Trinajstić information content (AvgIpc) is 3.15. The molecule has 32 heavy (non-hydrogen) atoms. The molecule has 3 heterocycles. The molecule has 7 heteroatoms. The molecule has 5 rings (SSSR count). The number of fused-ring (bicyclic) bond motifs is 1. The van der Waals surface area contributed by atoms with Gasteiger partial charge in [0.1, 0.15) is 6.04 Å². The fourth-order valence-corrected chi connectivity index (χ4v) is 5.09. The van der Waals surface area contributed by atoms with Crippen molar-refractivity contribution in [1.82, 2.24) is 15.5 Å². The Balaban J connectivity index is 1.31. The summed E-state index contributed by atoms with van der Waals surface area (Å²) in [5.74, 6) is -0.193. The van der Waals surface area contributed by atoms with Crippen LogP contribution in [-0.2, 0) is 22.7 Å². The van der Waals surface area contributed by atoms with Crippen LogP contribution in [0.3, 0.4) is 0 Å². The molecule has 3 aliphatic heterocycles. The highest BCUT2D eigenvalue weighted by Crippen LogP contribution is 2.31. The number of hydrogen-bond donors (Lipinski definition) is 3. The summed E-state index contributed by atoms with van der Waals surface area (Å²) in [4.78, 5) is 38.6. The fraction of sp³-hybridized carbons (Fsp3) is 0.400. The SMILES string of the molecule is O=C1CCC(N2Cc3cccc(CNc4cccc(C5CCNCC5)c4)c3C2=O)C(=O)N1. The number of piperidine rings is 2. The molecular weight excluding hydrogens is 404 g/mol. The van der Waals surface area contributed by atoms with Crippen LogP contribution in [-0.4, -0.2) is 41.8 Å². The van der Waals surface area contributed by atoms with E-state index in [1.165, 1.54) is 5.56 Å². The third kappa shape index (κ3) is 4.00. The molecule has 7 nitrogen and oxygen atoms in total. The Morgan fingerprint density at radius 3 is 2.62 bits per heavy atom. The van der Waals surface area contributed by atoms with Gasteiger partial charge in [-0.3, -0.25) is 19.7 Å². The Morgan fingerprint density at radius 1 is 1.00 bits per heavy atom. The van der Waals surface area contributed by atoms with Crippen molar-refractivity contribution in [2.45, 2.75) is 50.7 Å². The molecule has 0 bridgehead atoms. The molecular formula is C25H28N4O3. The highest BCUT2D eigenvalue weighted by molar-refractivity contribution is 6.06. The highest BCUT2D eigenvalue weighted by Gasteiger charge is 2.39. The van der Waals surface area contributed by atoms with Crippen molar-refractivity contribution in [3.05, 3.63) is 64.7 Å².